The largest absolute Gasteiger partial charge is 0.493 e. The van der Waals surface area contributed by atoms with Gasteiger partial charge in [-0.1, -0.05) is 26.0 Å². The van der Waals surface area contributed by atoms with E-state index in [2.05, 4.69) is 29.5 Å². The van der Waals surface area contributed by atoms with E-state index in [1.165, 1.54) is 0 Å². The number of methoxy groups -OCH3 is 1. The van der Waals surface area contributed by atoms with E-state index in [4.69, 9.17) is 14.2 Å². The van der Waals surface area contributed by atoms with Gasteiger partial charge in [0.25, 0.3) is 0 Å². The second-order valence-corrected chi connectivity index (χ2v) is 6.49. The van der Waals surface area contributed by atoms with Gasteiger partial charge in [0.15, 0.2) is 17.5 Å². The third-order valence-corrected chi connectivity index (χ3v) is 4.02. The first-order valence-electron chi connectivity index (χ1n) is 9.37. The number of para-hydroxylation sites is 2. The predicted molar refractivity (Wildman–Crippen MR) is 107 cm³/mol. The maximum Gasteiger partial charge on any atom is 0.191 e. The summed E-state index contributed by atoms with van der Waals surface area (Å²) in [7, 11) is 3.41. The molecule has 0 aliphatic heterocycles. The molecular weight excluding hydrogens is 330 g/mol. The molecule has 0 saturated carbocycles. The molecule has 0 radical (unpaired) electrons. The Morgan fingerprint density at radius 2 is 1.81 bits per heavy atom. The predicted octanol–water partition coefficient (Wildman–Crippen LogP) is 3.08. The van der Waals surface area contributed by atoms with Crippen LogP contribution in [0.15, 0.2) is 29.3 Å². The quantitative estimate of drug-likeness (QED) is 0.466. The number of guanidine groups is 1. The Morgan fingerprint density at radius 3 is 2.38 bits per heavy atom. The fraction of sp³-hybridized carbons (Fsp3) is 0.650. The van der Waals surface area contributed by atoms with Gasteiger partial charge in [0.05, 0.1) is 19.8 Å². The number of ether oxygens (including phenoxy) is 3. The molecule has 6 heteroatoms. The SMILES string of the molecule is CCOC(CCNC(=NC)NCC(C)Oc1ccccc1OC)C(C)C. The van der Waals surface area contributed by atoms with Crippen molar-refractivity contribution in [1.29, 1.82) is 0 Å². The Hall–Kier alpha value is -1.95. The molecule has 0 aliphatic rings. The van der Waals surface area contributed by atoms with Crippen molar-refractivity contribution in [1.82, 2.24) is 10.6 Å². The first kappa shape index (κ1) is 22.1. The van der Waals surface area contributed by atoms with Gasteiger partial charge in [-0.15, -0.1) is 0 Å². The molecule has 1 aromatic carbocycles. The summed E-state index contributed by atoms with van der Waals surface area (Å²) < 4.78 is 17.0. The first-order chi connectivity index (χ1) is 12.5. The molecule has 1 aromatic rings. The summed E-state index contributed by atoms with van der Waals surface area (Å²) in [6.07, 6.45) is 1.18. The summed E-state index contributed by atoms with van der Waals surface area (Å²) in [5, 5.41) is 6.63. The van der Waals surface area contributed by atoms with Crippen LogP contribution in [0.25, 0.3) is 0 Å². The molecule has 2 N–H and O–H groups in total. The molecule has 26 heavy (non-hydrogen) atoms. The molecule has 6 nitrogen and oxygen atoms in total. The van der Waals surface area contributed by atoms with E-state index in [9.17, 15) is 0 Å². The third kappa shape index (κ3) is 7.95. The van der Waals surface area contributed by atoms with Gasteiger partial charge in [0.2, 0.25) is 0 Å². The highest BCUT2D eigenvalue weighted by Gasteiger charge is 2.13. The monoisotopic (exact) mass is 365 g/mol. The van der Waals surface area contributed by atoms with Gasteiger partial charge in [0, 0.05) is 20.2 Å². The normalized spacial score (nSPS) is 14.0. The molecule has 0 aromatic heterocycles. The summed E-state index contributed by atoms with van der Waals surface area (Å²) in [6.45, 7) is 10.6. The van der Waals surface area contributed by atoms with Crippen LogP contribution in [-0.2, 0) is 4.74 Å². The fourth-order valence-corrected chi connectivity index (χ4v) is 2.59. The summed E-state index contributed by atoms with van der Waals surface area (Å²) >= 11 is 0. The highest BCUT2D eigenvalue weighted by atomic mass is 16.5. The second-order valence-electron chi connectivity index (χ2n) is 6.49. The van der Waals surface area contributed by atoms with Gasteiger partial charge in [0.1, 0.15) is 6.10 Å². The van der Waals surface area contributed by atoms with Gasteiger partial charge in [-0.2, -0.15) is 0 Å². The lowest BCUT2D eigenvalue weighted by atomic mass is 10.0. The van der Waals surface area contributed by atoms with Crippen LogP contribution in [0.1, 0.15) is 34.1 Å². The van der Waals surface area contributed by atoms with Crippen LogP contribution in [-0.4, -0.2) is 52.0 Å². The lowest BCUT2D eigenvalue weighted by molar-refractivity contribution is 0.0258. The number of nitrogens with one attached hydrogen (secondary N) is 2. The zero-order valence-electron chi connectivity index (χ0n) is 17.0. The molecule has 0 aliphatic carbocycles. The van der Waals surface area contributed by atoms with Crippen LogP contribution in [0.4, 0.5) is 0 Å². The topological polar surface area (TPSA) is 64.1 Å². The minimum Gasteiger partial charge on any atom is -0.493 e. The highest BCUT2D eigenvalue weighted by molar-refractivity contribution is 5.79. The zero-order valence-corrected chi connectivity index (χ0v) is 17.0. The average Bonchev–Trinajstić information content (AvgIpc) is 2.63. The number of hydrogen-bond acceptors (Lipinski definition) is 4. The molecule has 0 amide bonds. The minimum atomic E-state index is -0.0308. The zero-order chi connectivity index (χ0) is 19.4. The van der Waals surface area contributed by atoms with E-state index in [0.29, 0.717) is 12.5 Å². The second kappa shape index (κ2) is 12.4. The average molecular weight is 366 g/mol. The summed E-state index contributed by atoms with van der Waals surface area (Å²) in [5.74, 6) is 2.74. The van der Waals surface area contributed by atoms with Crippen molar-refractivity contribution in [3.05, 3.63) is 24.3 Å². The molecule has 0 saturated heterocycles. The third-order valence-electron chi connectivity index (χ3n) is 4.02. The van der Waals surface area contributed by atoms with E-state index < -0.39 is 0 Å². The van der Waals surface area contributed by atoms with Gasteiger partial charge in [-0.3, -0.25) is 4.99 Å². The van der Waals surface area contributed by atoms with E-state index in [1.807, 2.05) is 38.1 Å². The number of hydrogen-bond donors (Lipinski definition) is 2. The van der Waals surface area contributed by atoms with Gasteiger partial charge >= 0.3 is 0 Å². The Bertz CT molecular complexity index is 535. The number of benzene rings is 1. The molecule has 0 bridgehead atoms. The molecular formula is C20H35N3O3. The maximum atomic E-state index is 5.95. The standard InChI is InChI=1S/C20H35N3O3/c1-7-25-17(15(2)3)12-13-22-20(21-5)23-14-16(4)26-19-11-9-8-10-18(19)24-6/h8-11,15-17H,7,12-14H2,1-6H3,(H2,21,22,23). The fourth-order valence-electron chi connectivity index (χ4n) is 2.59. The van der Waals surface area contributed by atoms with Gasteiger partial charge in [-0.05, 0) is 38.3 Å². The van der Waals surface area contributed by atoms with Crippen molar-refractivity contribution >= 4 is 5.96 Å². The Morgan fingerprint density at radius 1 is 1.12 bits per heavy atom. The van der Waals surface area contributed by atoms with Crippen molar-refractivity contribution < 1.29 is 14.2 Å². The van der Waals surface area contributed by atoms with Crippen LogP contribution >= 0.6 is 0 Å². The van der Waals surface area contributed by atoms with Crippen LogP contribution in [0.3, 0.4) is 0 Å². The molecule has 0 spiro atoms. The Labute approximate surface area is 158 Å². The van der Waals surface area contributed by atoms with Gasteiger partial charge in [-0.25, -0.2) is 0 Å². The van der Waals surface area contributed by atoms with E-state index in [-0.39, 0.29) is 12.2 Å². The van der Waals surface area contributed by atoms with Crippen LogP contribution < -0.4 is 20.1 Å². The van der Waals surface area contributed by atoms with E-state index in [1.54, 1.807) is 14.2 Å². The molecule has 2 atom stereocenters. The van der Waals surface area contributed by atoms with E-state index in [0.717, 1.165) is 37.0 Å². The Balaban J connectivity index is 2.39. The summed E-state index contributed by atoms with van der Waals surface area (Å²) in [6, 6.07) is 7.65. The number of aliphatic imine (C=N–C) groups is 1. The summed E-state index contributed by atoms with van der Waals surface area (Å²) in [4.78, 5) is 4.26. The summed E-state index contributed by atoms with van der Waals surface area (Å²) in [5.41, 5.74) is 0. The van der Waals surface area contributed by atoms with Crippen molar-refractivity contribution in [2.75, 3.05) is 33.9 Å². The van der Waals surface area contributed by atoms with Crippen LogP contribution in [0.2, 0.25) is 0 Å². The highest BCUT2D eigenvalue weighted by Crippen LogP contribution is 2.26. The lowest BCUT2D eigenvalue weighted by Gasteiger charge is -2.22. The van der Waals surface area contributed by atoms with Crippen LogP contribution in [0.5, 0.6) is 11.5 Å². The molecule has 2 unspecified atom stereocenters. The molecule has 0 fully saturated rings. The number of rotatable bonds is 11. The van der Waals surface area contributed by atoms with Crippen molar-refractivity contribution in [2.24, 2.45) is 10.9 Å². The van der Waals surface area contributed by atoms with Crippen molar-refractivity contribution in [3.8, 4) is 11.5 Å². The van der Waals surface area contributed by atoms with E-state index >= 15 is 0 Å². The number of nitrogens with zero attached hydrogens (tertiary/aromatic N) is 1. The lowest BCUT2D eigenvalue weighted by Crippen LogP contribution is -2.43. The minimum absolute atomic E-state index is 0.0308. The molecule has 148 valence electrons. The molecule has 1 rings (SSSR count). The molecule has 0 heterocycles. The smallest absolute Gasteiger partial charge is 0.191 e. The van der Waals surface area contributed by atoms with Crippen molar-refractivity contribution in [2.45, 2.75) is 46.3 Å². The van der Waals surface area contributed by atoms with Crippen molar-refractivity contribution in [3.63, 3.8) is 0 Å². The maximum absolute atomic E-state index is 5.95. The van der Waals surface area contributed by atoms with Gasteiger partial charge < -0.3 is 24.8 Å². The Kier molecular flexibility index (Phi) is 10.5. The first-order valence-corrected chi connectivity index (χ1v) is 9.37. The van der Waals surface area contributed by atoms with Crippen LogP contribution in [0, 0.1) is 5.92 Å².